The molecule has 0 unspecified atom stereocenters. The van der Waals surface area contributed by atoms with Crippen molar-refractivity contribution in [3.63, 3.8) is 0 Å². The quantitative estimate of drug-likeness (QED) is 0.656. The van der Waals surface area contributed by atoms with E-state index in [0.717, 1.165) is 6.07 Å². The molecule has 1 aromatic rings. The Labute approximate surface area is 103 Å². The van der Waals surface area contributed by atoms with Gasteiger partial charge in [0, 0.05) is 0 Å². The van der Waals surface area contributed by atoms with Crippen molar-refractivity contribution in [3.05, 3.63) is 35.1 Å². The van der Waals surface area contributed by atoms with Crippen LogP contribution in [0.5, 0.6) is 0 Å². The van der Waals surface area contributed by atoms with Crippen molar-refractivity contribution in [1.29, 1.82) is 0 Å². The number of aromatic carboxylic acids is 1. The summed E-state index contributed by atoms with van der Waals surface area (Å²) in [6, 6.07) is 3.40. The van der Waals surface area contributed by atoms with Gasteiger partial charge in [0.15, 0.2) is 0 Å². The van der Waals surface area contributed by atoms with Gasteiger partial charge in [-0.25, -0.2) is 9.18 Å². The summed E-state index contributed by atoms with van der Waals surface area (Å²) in [7, 11) is 0. The zero-order valence-electron chi connectivity index (χ0n) is 9.70. The second kappa shape index (κ2) is 6.40. The van der Waals surface area contributed by atoms with Gasteiger partial charge in [-0.2, -0.15) is 0 Å². The fraction of sp³-hybridized carbons (Fsp3) is 0.231. The van der Waals surface area contributed by atoms with E-state index >= 15 is 0 Å². The molecule has 0 saturated carbocycles. The van der Waals surface area contributed by atoms with E-state index in [0.29, 0.717) is 0 Å². The van der Waals surface area contributed by atoms with Crippen molar-refractivity contribution in [3.8, 4) is 11.8 Å². The number of esters is 1. The van der Waals surface area contributed by atoms with Crippen molar-refractivity contribution in [2.24, 2.45) is 0 Å². The van der Waals surface area contributed by atoms with Crippen molar-refractivity contribution >= 4 is 11.9 Å². The van der Waals surface area contributed by atoms with Crippen molar-refractivity contribution in [1.82, 2.24) is 0 Å². The Bertz CT molecular complexity index is 526. The second-order valence-electron chi connectivity index (χ2n) is 3.28. The normalized spacial score (nSPS) is 9.22. The fourth-order valence-electron chi connectivity index (χ4n) is 1.17. The number of carboxylic acid groups (broad SMARTS) is 1. The van der Waals surface area contributed by atoms with Crippen LogP contribution in [0.2, 0.25) is 0 Å². The summed E-state index contributed by atoms with van der Waals surface area (Å²) < 4.78 is 18.0. The Balaban J connectivity index is 2.77. The first kappa shape index (κ1) is 13.7. The molecule has 1 rings (SSSR count). The molecule has 0 fully saturated rings. The predicted octanol–water partition coefficient (Wildman–Crippen LogP) is 1.83. The molecule has 0 aromatic heterocycles. The average Bonchev–Trinajstić information content (AvgIpc) is 2.31. The van der Waals surface area contributed by atoms with Gasteiger partial charge in [-0.1, -0.05) is 11.8 Å². The van der Waals surface area contributed by atoms with Crippen LogP contribution in [0.4, 0.5) is 4.39 Å². The maximum atomic E-state index is 13.4. The number of carboxylic acids is 1. The smallest absolute Gasteiger partial charge is 0.335 e. The predicted molar refractivity (Wildman–Crippen MR) is 61.5 cm³/mol. The highest BCUT2D eigenvalue weighted by molar-refractivity contribution is 5.87. The highest BCUT2D eigenvalue weighted by Crippen LogP contribution is 2.09. The van der Waals surface area contributed by atoms with Crippen molar-refractivity contribution in [2.45, 2.75) is 13.3 Å². The zero-order valence-corrected chi connectivity index (χ0v) is 9.70. The van der Waals surface area contributed by atoms with Crippen molar-refractivity contribution in [2.75, 3.05) is 6.61 Å². The lowest BCUT2D eigenvalue weighted by Crippen LogP contribution is -2.01. The molecule has 0 bridgehead atoms. The molecule has 0 aliphatic carbocycles. The van der Waals surface area contributed by atoms with Gasteiger partial charge in [0.25, 0.3) is 0 Å². The van der Waals surface area contributed by atoms with E-state index in [1.54, 1.807) is 6.92 Å². The zero-order chi connectivity index (χ0) is 13.5. The third-order valence-corrected chi connectivity index (χ3v) is 1.98. The van der Waals surface area contributed by atoms with E-state index in [-0.39, 0.29) is 24.2 Å². The van der Waals surface area contributed by atoms with E-state index in [9.17, 15) is 14.0 Å². The largest absolute Gasteiger partial charge is 0.478 e. The summed E-state index contributed by atoms with van der Waals surface area (Å²) in [4.78, 5) is 21.5. The number of ether oxygens (including phenoxy) is 1. The maximum Gasteiger partial charge on any atom is 0.335 e. The van der Waals surface area contributed by atoms with Crippen LogP contribution < -0.4 is 0 Å². The minimum Gasteiger partial charge on any atom is -0.478 e. The number of carbonyl (C=O) groups is 2. The van der Waals surface area contributed by atoms with Gasteiger partial charge in [-0.3, -0.25) is 4.79 Å². The maximum absolute atomic E-state index is 13.4. The average molecular weight is 250 g/mol. The molecular formula is C13H11FO4. The molecule has 0 saturated heterocycles. The SMILES string of the molecule is CCOC(=O)CC#Cc1ccc(C(=O)O)cc1F. The number of halogens is 1. The fourth-order valence-corrected chi connectivity index (χ4v) is 1.17. The molecular weight excluding hydrogens is 239 g/mol. The molecule has 0 aliphatic rings. The lowest BCUT2D eigenvalue weighted by molar-refractivity contribution is -0.141. The highest BCUT2D eigenvalue weighted by Gasteiger charge is 2.06. The molecule has 0 aliphatic heterocycles. The summed E-state index contributed by atoms with van der Waals surface area (Å²) in [5.41, 5.74) is -0.104. The Hall–Kier alpha value is -2.35. The van der Waals surface area contributed by atoms with Crippen LogP contribution in [0, 0.1) is 17.7 Å². The Morgan fingerprint density at radius 2 is 2.17 bits per heavy atom. The second-order valence-corrected chi connectivity index (χ2v) is 3.28. The van der Waals surface area contributed by atoms with Crippen LogP contribution in [0.3, 0.4) is 0 Å². The van der Waals surface area contributed by atoms with E-state index in [1.165, 1.54) is 12.1 Å². The van der Waals surface area contributed by atoms with Gasteiger partial charge in [-0.15, -0.1) is 0 Å². The standard InChI is InChI=1S/C13H11FO4/c1-2-18-12(15)5-3-4-9-6-7-10(13(16)17)8-11(9)14/h6-8H,2,5H2,1H3,(H,16,17). The molecule has 94 valence electrons. The van der Waals surface area contributed by atoms with Gasteiger partial charge in [0.05, 0.1) is 17.7 Å². The molecule has 1 N–H and O–H groups in total. The lowest BCUT2D eigenvalue weighted by atomic mass is 10.1. The van der Waals surface area contributed by atoms with Gasteiger partial charge in [0.2, 0.25) is 0 Å². The molecule has 0 atom stereocenters. The lowest BCUT2D eigenvalue weighted by Gasteiger charge is -1.97. The van der Waals surface area contributed by atoms with E-state index in [4.69, 9.17) is 5.11 Å². The van der Waals surface area contributed by atoms with E-state index in [1.807, 2.05) is 0 Å². The third-order valence-electron chi connectivity index (χ3n) is 1.98. The summed E-state index contributed by atoms with van der Waals surface area (Å²) in [6.07, 6.45) is -0.131. The van der Waals surface area contributed by atoms with E-state index in [2.05, 4.69) is 16.6 Å². The van der Waals surface area contributed by atoms with Crippen molar-refractivity contribution < 1.29 is 23.8 Å². The van der Waals surface area contributed by atoms with Crippen LogP contribution in [0.15, 0.2) is 18.2 Å². The molecule has 4 nitrogen and oxygen atoms in total. The molecule has 0 amide bonds. The summed E-state index contributed by atoms with van der Waals surface area (Å²) in [5, 5.41) is 8.64. The van der Waals surface area contributed by atoms with Crippen LogP contribution in [0.1, 0.15) is 29.3 Å². The van der Waals surface area contributed by atoms with Crippen LogP contribution in [-0.4, -0.2) is 23.7 Å². The molecule has 0 radical (unpaired) electrons. The number of hydrogen-bond acceptors (Lipinski definition) is 3. The van der Waals surface area contributed by atoms with Crippen LogP contribution in [0.25, 0.3) is 0 Å². The number of benzene rings is 1. The minimum atomic E-state index is -1.21. The summed E-state index contributed by atoms with van der Waals surface area (Å²) >= 11 is 0. The van der Waals surface area contributed by atoms with Gasteiger partial charge >= 0.3 is 11.9 Å². The van der Waals surface area contributed by atoms with Gasteiger partial charge in [0.1, 0.15) is 12.2 Å². The molecule has 5 heteroatoms. The monoisotopic (exact) mass is 250 g/mol. The topological polar surface area (TPSA) is 63.6 Å². The molecule has 18 heavy (non-hydrogen) atoms. The highest BCUT2D eigenvalue weighted by atomic mass is 19.1. The summed E-state index contributed by atoms with van der Waals surface area (Å²) in [5.74, 6) is 2.50. The first-order chi connectivity index (χ1) is 8.54. The number of rotatable bonds is 3. The first-order valence-corrected chi connectivity index (χ1v) is 5.22. The minimum absolute atomic E-state index is 0.0456. The molecule has 1 aromatic carbocycles. The number of carbonyl (C=O) groups excluding carboxylic acids is 1. The number of hydrogen-bond donors (Lipinski definition) is 1. The Morgan fingerprint density at radius 1 is 1.44 bits per heavy atom. The Morgan fingerprint density at radius 3 is 2.72 bits per heavy atom. The van der Waals surface area contributed by atoms with Gasteiger partial charge in [-0.05, 0) is 25.1 Å². The Kier molecular flexibility index (Phi) is 4.88. The van der Waals surface area contributed by atoms with E-state index < -0.39 is 17.8 Å². The third kappa shape index (κ3) is 3.91. The van der Waals surface area contributed by atoms with Gasteiger partial charge < -0.3 is 9.84 Å². The van der Waals surface area contributed by atoms with Crippen LogP contribution in [-0.2, 0) is 9.53 Å². The molecule has 0 spiro atoms. The summed E-state index contributed by atoms with van der Waals surface area (Å²) in [6.45, 7) is 1.94. The first-order valence-electron chi connectivity index (χ1n) is 5.22. The van der Waals surface area contributed by atoms with Crippen LogP contribution >= 0.6 is 0 Å². The molecule has 0 heterocycles.